The Labute approximate surface area is 123 Å². The number of thioether (sulfide) groups is 1. The fourth-order valence-corrected chi connectivity index (χ4v) is 3.98. The molecule has 2 unspecified atom stereocenters. The zero-order chi connectivity index (χ0) is 13.7. The van der Waals surface area contributed by atoms with E-state index in [1.165, 1.54) is 4.88 Å². The van der Waals surface area contributed by atoms with E-state index >= 15 is 0 Å². The summed E-state index contributed by atoms with van der Waals surface area (Å²) in [4.78, 5) is 15.5. The lowest BCUT2D eigenvalue weighted by molar-refractivity contribution is -0.132. The highest BCUT2D eigenvalue weighted by molar-refractivity contribution is 7.99. The molecule has 106 valence electrons. The van der Waals surface area contributed by atoms with Crippen LogP contribution >= 0.6 is 23.1 Å². The summed E-state index contributed by atoms with van der Waals surface area (Å²) >= 11 is 3.70. The maximum atomic E-state index is 12.3. The van der Waals surface area contributed by atoms with Crippen molar-refractivity contribution in [2.45, 2.75) is 31.8 Å². The topological polar surface area (TPSA) is 32.3 Å². The average Bonchev–Trinajstić information content (AvgIpc) is 2.91. The van der Waals surface area contributed by atoms with Crippen molar-refractivity contribution in [3.63, 3.8) is 0 Å². The van der Waals surface area contributed by atoms with Crippen LogP contribution in [0.2, 0.25) is 0 Å². The molecule has 0 spiro atoms. The van der Waals surface area contributed by atoms with Crippen LogP contribution in [-0.2, 0) is 11.2 Å². The maximum Gasteiger partial charge on any atom is 0.224 e. The van der Waals surface area contributed by atoms with Gasteiger partial charge in [0.05, 0.1) is 0 Å². The molecule has 0 bridgehead atoms. The third-order valence-corrected chi connectivity index (χ3v) is 5.58. The molecule has 1 amide bonds. The Morgan fingerprint density at radius 3 is 3.11 bits per heavy atom. The van der Waals surface area contributed by atoms with Gasteiger partial charge in [-0.15, -0.1) is 11.3 Å². The zero-order valence-corrected chi connectivity index (χ0v) is 13.2. The normalized spacial score (nSPS) is 21.1. The van der Waals surface area contributed by atoms with Crippen LogP contribution in [0.3, 0.4) is 0 Å². The zero-order valence-electron chi connectivity index (χ0n) is 11.6. The van der Waals surface area contributed by atoms with Gasteiger partial charge in [0.2, 0.25) is 5.91 Å². The average molecular weight is 298 g/mol. The van der Waals surface area contributed by atoms with Gasteiger partial charge in [-0.25, -0.2) is 0 Å². The minimum absolute atomic E-state index is 0.254. The Morgan fingerprint density at radius 2 is 2.47 bits per heavy atom. The molecule has 0 aliphatic carbocycles. The SMILES string of the molecule is CC(Cc1cccs1)N(C)C(=O)CC1CSCCN1. The molecule has 0 radical (unpaired) electrons. The second-order valence-corrected chi connectivity index (χ2v) is 7.25. The molecule has 1 N–H and O–H groups in total. The molecule has 2 heterocycles. The predicted octanol–water partition coefficient (Wildman–Crippen LogP) is 2.23. The van der Waals surface area contributed by atoms with E-state index in [1.807, 2.05) is 23.7 Å². The molecule has 1 aromatic heterocycles. The molecule has 0 saturated carbocycles. The van der Waals surface area contributed by atoms with E-state index in [-0.39, 0.29) is 11.9 Å². The van der Waals surface area contributed by atoms with E-state index in [9.17, 15) is 4.79 Å². The van der Waals surface area contributed by atoms with Crippen molar-refractivity contribution >= 4 is 29.0 Å². The number of nitrogens with zero attached hydrogens (tertiary/aromatic N) is 1. The van der Waals surface area contributed by atoms with E-state index in [0.29, 0.717) is 12.5 Å². The predicted molar refractivity (Wildman–Crippen MR) is 84.0 cm³/mol. The number of likely N-dealkylation sites (N-methyl/N-ethyl adjacent to an activating group) is 1. The van der Waals surface area contributed by atoms with Gasteiger partial charge in [0.15, 0.2) is 0 Å². The van der Waals surface area contributed by atoms with Crippen LogP contribution in [0.25, 0.3) is 0 Å². The van der Waals surface area contributed by atoms with E-state index < -0.39 is 0 Å². The molecule has 2 rings (SSSR count). The van der Waals surface area contributed by atoms with Gasteiger partial charge in [-0.2, -0.15) is 11.8 Å². The first-order chi connectivity index (χ1) is 9.16. The Hall–Kier alpha value is -0.520. The Balaban J connectivity index is 1.80. The summed E-state index contributed by atoms with van der Waals surface area (Å²) in [6, 6.07) is 4.82. The van der Waals surface area contributed by atoms with E-state index in [2.05, 4.69) is 29.8 Å². The minimum Gasteiger partial charge on any atom is -0.343 e. The molecule has 5 heteroatoms. The van der Waals surface area contributed by atoms with Gasteiger partial charge in [0, 0.05) is 54.9 Å². The number of nitrogens with one attached hydrogen (secondary N) is 1. The van der Waals surface area contributed by atoms with E-state index in [4.69, 9.17) is 0 Å². The van der Waals surface area contributed by atoms with E-state index in [1.54, 1.807) is 11.3 Å². The number of hydrogen-bond acceptors (Lipinski definition) is 4. The molecule has 1 aliphatic rings. The summed E-state index contributed by atoms with van der Waals surface area (Å²) in [6.45, 7) is 3.15. The molecule has 19 heavy (non-hydrogen) atoms. The number of hydrogen-bond donors (Lipinski definition) is 1. The first-order valence-corrected chi connectivity index (χ1v) is 8.79. The van der Waals surface area contributed by atoms with Crippen molar-refractivity contribution in [2.24, 2.45) is 0 Å². The van der Waals surface area contributed by atoms with Crippen LogP contribution in [0, 0.1) is 0 Å². The van der Waals surface area contributed by atoms with Gasteiger partial charge in [-0.05, 0) is 18.4 Å². The fourth-order valence-electron chi connectivity index (χ4n) is 2.21. The van der Waals surface area contributed by atoms with Gasteiger partial charge in [0.1, 0.15) is 0 Å². The van der Waals surface area contributed by atoms with Crippen LogP contribution in [0.15, 0.2) is 17.5 Å². The monoisotopic (exact) mass is 298 g/mol. The second kappa shape index (κ2) is 7.31. The molecule has 0 aromatic carbocycles. The largest absolute Gasteiger partial charge is 0.343 e. The summed E-state index contributed by atoms with van der Waals surface area (Å²) in [5.41, 5.74) is 0. The number of carbonyl (C=O) groups is 1. The van der Waals surface area contributed by atoms with Gasteiger partial charge in [0.25, 0.3) is 0 Å². The van der Waals surface area contributed by atoms with Gasteiger partial charge in [-0.3, -0.25) is 4.79 Å². The van der Waals surface area contributed by atoms with Crippen molar-refractivity contribution in [2.75, 3.05) is 25.1 Å². The van der Waals surface area contributed by atoms with Crippen LogP contribution in [0.5, 0.6) is 0 Å². The highest BCUT2D eigenvalue weighted by atomic mass is 32.2. The Morgan fingerprint density at radius 1 is 1.63 bits per heavy atom. The van der Waals surface area contributed by atoms with Crippen LogP contribution in [0.1, 0.15) is 18.2 Å². The van der Waals surface area contributed by atoms with Crippen LogP contribution < -0.4 is 5.32 Å². The fraction of sp³-hybridized carbons (Fsp3) is 0.643. The molecule has 1 fully saturated rings. The van der Waals surface area contributed by atoms with Gasteiger partial charge < -0.3 is 10.2 Å². The Kier molecular flexibility index (Phi) is 5.73. The van der Waals surface area contributed by atoms with E-state index in [0.717, 1.165) is 24.5 Å². The first-order valence-electron chi connectivity index (χ1n) is 6.76. The number of rotatable bonds is 5. The van der Waals surface area contributed by atoms with Crippen molar-refractivity contribution < 1.29 is 4.79 Å². The van der Waals surface area contributed by atoms with Crippen molar-refractivity contribution in [3.8, 4) is 0 Å². The summed E-state index contributed by atoms with van der Waals surface area (Å²) in [7, 11) is 1.93. The molecule has 2 atom stereocenters. The third kappa shape index (κ3) is 4.51. The molecular weight excluding hydrogens is 276 g/mol. The number of thiophene rings is 1. The third-order valence-electron chi connectivity index (χ3n) is 3.55. The highest BCUT2D eigenvalue weighted by Crippen LogP contribution is 2.16. The lowest BCUT2D eigenvalue weighted by atomic mass is 10.1. The summed E-state index contributed by atoms with van der Waals surface area (Å²) in [5, 5.41) is 5.51. The quantitative estimate of drug-likeness (QED) is 0.905. The summed E-state index contributed by atoms with van der Waals surface area (Å²) in [6.07, 6.45) is 1.57. The van der Waals surface area contributed by atoms with Gasteiger partial charge in [-0.1, -0.05) is 6.07 Å². The lowest BCUT2D eigenvalue weighted by Gasteiger charge is -2.28. The smallest absolute Gasteiger partial charge is 0.224 e. The first kappa shape index (κ1) is 14.9. The molecule has 3 nitrogen and oxygen atoms in total. The van der Waals surface area contributed by atoms with Crippen LogP contribution in [-0.4, -0.2) is 48.0 Å². The maximum absolute atomic E-state index is 12.3. The standard InChI is InChI=1S/C14H22N2OS2/c1-11(8-13-4-3-6-19-13)16(2)14(17)9-12-10-18-7-5-15-12/h3-4,6,11-12,15H,5,7-10H2,1-2H3. The Bertz CT molecular complexity index is 388. The van der Waals surface area contributed by atoms with Crippen molar-refractivity contribution in [1.82, 2.24) is 10.2 Å². The second-order valence-electron chi connectivity index (χ2n) is 5.07. The molecule has 1 aromatic rings. The molecule has 1 saturated heterocycles. The summed E-state index contributed by atoms with van der Waals surface area (Å²) < 4.78 is 0. The van der Waals surface area contributed by atoms with Gasteiger partial charge >= 0.3 is 0 Å². The van der Waals surface area contributed by atoms with Crippen LogP contribution in [0.4, 0.5) is 0 Å². The summed E-state index contributed by atoms with van der Waals surface area (Å²) in [5.74, 6) is 2.47. The lowest BCUT2D eigenvalue weighted by Crippen LogP contribution is -2.44. The molecular formula is C14H22N2OS2. The minimum atomic E-state index is 0.254. The number of carbonyl (C=O) groups excluding carboxylic acids is 1. The van der Waals surface area contributed by atoms with Crippen molar-refractivity contribution in [3.05, 3.63) is 22.4 Å². The molecule has 1 aliphatic heterocycles. The number of amides is 1. The van der Waals surface area contributed by atoms with Crippen molar-refractivity contribution in [1.29, 1.82) is 0 Å². The highest BCUT2D eigenvalue weighted by Gasteiger charge is 2.21.